The normalized spacial score (nSPS) is 22.8. The van der Waals surface area contributed by atoms with Gasteiger partial charge in [-0.2, -0.15) is 0 Å². The van der Waals surface area contributed by atoms with Crippen LogP contribution >= 0.6 is 0 Å². The van der Waals surface area contributed by atoms with Gasteiger partial charge in [0.1, 0.15) is 5.82 Å². The Balaban J connectivity index is 1.75. The summed E-state index contributed by atoms with van der Waals surface area (Å²) in [5, 5.41) is 3.74. The summed E-state index contributed by atoms with van der Waals surface area (Å²) >= 11 is 0. The minimum atomic E-state index is 0.670. The summed E-state index contributed by atoms with van der Waals surface area (Å²) < 4.78 is 2.38. The van der Waals surface area contributed by atoms with Crippen LogP contribution in [0.4, 0.5) is 0 Å². The van der Waals surface area contributed by atoms with Crippen molar-refractivity contribution in [1.82, 2.24) is 14.9 Å². The summed E-state index contributed by atoms with van der Waals surface area (Å²) in [6.45, 7) is 6.56. The average Bonchev–Trinajstić information content (AvgIpc) is 2.84. The smallest absolute Gasteiger partial charge is 0.123 e. The largest absolute Gasteiger partial charge is 0.327 e. The molecule has 1 aliphatic carbocycles. The van der Waals surface area contributed by atoms with Crippen LogP contribution in [0.25, 0.3) is 11.0 Å². The molecule has 1 aromatic carbocycles. The molecule has 114 valence electrons. The van der Waals surface area contributed by atoms with Gasteiger partial charge in [-0.05, 0) is 37.3 Å². The SMILES string of the molecule is CCCn1c(CNC2CCCC(C)C2)nc2ccccc21. The van der Waals surface area contributed by atoms with Crippen molar-refractivity contribution in [3.05, 3.63) is 30.1 Å². The van der Waals surface area contributed by atoms with Gasteiger partial charge in [-0.15, -0.1) is 0 Å². The van der Waals surface area contributed by atoms with Crippen molar-refractivity contribution in [3.8, 4) is 0 Å². The molecule has 2 aromatic rings. The first-order valence-corrected chi connectivity index (χ1v) is 8.45. The van der Waals surface area contributed by atoms with Crippen LogP contribution < -0.4 is 5.32 Å². The zero-order valence-corrected chi connectivity index (χ0v) is 13.3. The second-order valence-electron chi connectivity index (χ2n) is 6.52. The van der Waals surface area contributed by atoms with Gasteiger partial charge in [0.05, 0.1) is 17.6 Å². The van der Waals surface area contributed by atoms with E-state index in [4.69, 9.17) is 4.98 Å². The van der Waals surface area contributed by atoms with E-state index < -0.39 is 0 Å². The maximum absolute atomic E-state index is 4.84. The molecular formula is C18H27N3. The molecule has 21 heavy (non-hydrogen) atoms. The van der Waals surface area contributed by atoms with Crippen LogP contribution in [-0.4, -0.2) is 15.6 Å². The fourth-order valence-corrected chi connectivity index (χ4v) is 3.59. The molecule has 3 heteroatoms. The Bertz CT molecular complexity index is 587. The summed E-state index contributed by atoms with van der Waals surface area (Å²) in [7, 11) is 0. The monoisotopic (exact) mass is 285 g/mol. The van der Waals surface area contributed by atoms with Crippen molar-refractivity contribution < 1.29 is 0 Å². The van der Waals surface area contributed by atoms with E-state index in [1.54, 1.807) is 0 Å². The number of para-hydroxylation sites is 2. The van der Waals surface area contributed by atoms with Gasteiger partial charge < -0.3 is 9.88 Å². The van der Waals surface area contributed by atoms with Gasteiger partial charge in [-0.25, -0.2) is 4.98 Å². The summed E-state index contributed by atoms with van der Waals surface area (Å²) in [5.41, 5.74) is 2.40. The second kappa shape index (κ2) is 6.61. The molecule has 1 aliphatic rings. The highest BCUT2D eigenvalue weighted by molar-refractivity contribution is 5.75. The van der Waals surface area contributed by atoms with E-state index >= 15 is 0 Å². The molecule has 0 bridgehead atoms. The van der Waals surface area contributed by atoms with Crippen LogP contribution in [0.2, 0.25) is 0 Å². The van der Waals surface area contributed by atoms with Gasteiger partial charge in [0.25, 0.3) is 0 Å². The molecular weight excluding hydrogens is 258 g/mol. The van der Waals surface area contributed by atoms with Crippen LogP contribution in [0.5, 0.6) is 0 Å². The second-order valence-corrected chi connectivity index (χ2v) is 6.52. The van der Waals surface area contributed by atoms with Crippen LogP contribution in [0.15, 0.2) is 24.3 Å². The zero-order chi connectivity index (χ0) is 14.7. The lowest BCUT2D eigenvalue weighted by Gasteiger charge is -2.27. The number of imidazole rings is 1. The molecule has 2 atom stereocenters. The molecule has 1 aromatic heterocycles. The van der Waals surface area contributed by atoms with Crippen LogP contribution in [-0.2, 0) is 13.1 Å². The minimum Gasteiger partial charge on any atom is -0.327 e. The summed E-state index contributed by atoms with van der Waals surface area (Å²) in [5.74, 6) is 2.06. The molecule has 1 fully saturated rings. The highest BCUT2D eigenvalue weighted by atomic mass is 15.1. The standard InChI is InChI=1S/C18H27N3/c1-3-11-21-17-10-5-4-9-16(17)20-18(21)13-19-15-8-6-7-14(2)12-15/h4-5,9-10,14-15,19H,3,6-8,11-13H2,1-2H3. The number of benzene rings is 1. The van der Waals surface area contributed by atoms with Gasteiger partial charge >= 0.3 is 0 Å². The van der Waals surface area contributed by atoms with Gasteiger partial charge in [-0.3, -0.25) is 0 Å². The molecule has 1 heterocycles. The number of fused-ring (bicyclic) bond motifs is 1. The Hall–Kier alpha value is -1.35. The molecule has 0 spiro atoms. The van der Waals surface area contributed by atoms with Crippen LogP contribution in [0, 0.1) is 5.92 Å². The summed E-state index contributed by atoms with van der Waals surface area (Å²) in [4.78, 5) is 4.84. The maximum atomic E-state index is 4.84. The molecule has 3 rings (SSSR count). The summed E-state index contributed by atoms with van der Waals surface area (Å²) in [6.07, 6.45) is 6.54. The molecule has 1 N–H and O–H groups in total. The van der Waals surface area contributed by atoms with E-state index in [1.165, 1.54) is 37.0 Å². The first kappa shape index (κ1) is 14.6. The molecule has 2 unspecified atom stereocenters. The van der Waals surface area contributed by atoms with Crippen molar-refractivity contribution in [3.63, 3.8) is 0 Å². The van der Waals surface area contributed by atoms with Gasteiger partial charge in [-0.1, -0.05) is 38.8 Å². The lowest BCUT2D eigenvalue weighted by atomic mass is 9.87. The molecule has 0 radical (unpaired) electrons. The zero-order valence-electron chi connectivity index (χ0n) is 13.3. The lowest BCUT2D eigenvalue weighted by molar-refractivity contribution is 0.298. The average molecular weight is 285 g/mol. The number of nitrogens with one attached hydrogen (secondary N) is 1. The van der Waals surface area contributed by atoms with Crippen molar-refractivity contribution >= 4 is 11.0 Å². The van der Waals surface area contributed by atoms with E-state index in [0.29, 0.717) is 6.04 Å². The minimum absolute atomic E-state index is 0.670. The van der Waals surface area contributed by atoms with Gasteiger partial charge in [0, 0.05) is 12.6 Å². The molecule has 0 aliphatic heterocycles. The Kier molecular flexibility index (Phi) is 4.59. The first-order chi connectivity index (χ1) is 10.3. The number of hydrogen-bond acceptors (Lipinski definition) is 2. The molecule has 0 amide bonds. The Morgan fingerprint density at radius 3 is 2.95 bits per heavy atom. The number of aryl methyl sites for hydroxylation is 1. The molecule has 1 saturated carbocycles. The Morgan fingerprint density at radius 2 is 2.14 bits per heavy atom. The van der Waals surface area contributed by atoms with Gasteiger partial charge in [0.15, 0.2) is 0 Å². The highest BCUT2D eigenvalue weighted by Crippen LogP contribution is 2.24. The fraction of sp³-hybridized carbons (Fsp3) is 0.611. The first-order valence-electron chi connectivity index (χ1n) is 8.45. The van der Waals surface area contributed by atoms with Crippen LogP contribution in [0.1, 0.15) is 51.8 Å². The van der Waals surface area contributed by atoms with Crippen molar-refractivity contribution in [2.45, 2.75) is 65.1 Å². The van der Waals surface area contributed by atoms with E-state index in [2.05, 4.69) is 48.0 Å². The van der Waals surface area contributed by atoms with E-state index in [-0.39, 0.29) is 0 Å². The highest BCUT2D eigenvalue weighted by Gasteiger charge is 2.19. The molecule has 3 nitrogen and oxygen atoms in total. The third-order valence-electron chi connectivity index (χ3n) is 4.67. The van der Waals surface area contributed by atoms with Crippen molar-refractivity contribution in [2.75, 3.05) is 0 Å². The third kappa shape index (κ3) is 3.29. The number of hydrogen-bond donors (Lipinski definition) is 1. The number of nitrogens with zero attached hydrogens (tertiary/aromatic N) is 2. The quantitative estimate of drug-likeness (QED) is 0.895. The predicted molar refractivity (Wildman–Crippen MR) is 88.3 cm³/mol. The molecule has 0 saturated heterocycles. The van der Waals surface area contributed by atoms with E-state index in [0.717, 1.165) is 30.9 Å². The Labute approximate surface area is 127 Å². The predicted octanol–water partition coefficient (Wildman–Crippen LogP) is 4.11. The fourth-order valence-electron chi connectivity index (χ4n) is 3.59. The summed E-state index contributed by atoms with van der Waals surface area (Å²) in [6, 6.07) is 9.16. The van der Waals surface area contributed by atoms with Crippen molar-refractivity contribution in [2.24, 2.45) is 5.92 Å². The van der Waals surface area contributed by atoms with Crippen LogP contribution in [0.3, 0.4) is 0 Å². The number of aromatic nitrogens is 2. The van der Waals surface area contributed by atoms with Crippen molar-refractivity contribution in [1.29, 1.82) is 0 Å². The Morgan fingerprint density at radius 1 is 1.29 bits per heavy atom. The third-order valence-corrected chi connectivity index (χ3v) is 4.67. The topological polar surface area (TPSA) is 29.9 Å². The number of rotatable bonds is 5. The van der Waals surface area contributed by atoms with Gasteiger partial charge in [0.2, 0.25) is 0 Å². The van der Waals surface area contributed by atoms with E-state index in [1.807, 2.05) is 0 Å². The van der Waals surface area contributed by atoms with E-state index in [9.17, 15) is 0 Å². The maximum Gasteiger partial charge on any atom is 0.123 e. The lowest BCUT2D eigenvalue weighted by Crippen LogP contribution is -2.33.